The molecule has 5 heteroatoms. The Morgan fingerprint density at radius 2 is 2.12 bits per heavy atom. The second-order valence-electron chi connectivity index (χ2n) is 3.98. The first-order chi connectivity index (χ1) is 8.16. The lowest BCUT2D eigenvalue weighted by Crippen LogP contribution is -2.27. The van der Waals surface area contributed by atoms with Crippen molar-refractivity contribution in [2.24, 2.45) is 5.73 Å². The topological polar surface area (TPSA) is 68.3 Å². The van der Waals surface area contributed by atoms with Crippen LogP contribution in [0.5, 0.6) is 5.75 Å². The number of benzene rings is 1. The third-order valence-electron chi connectivity index (χ3n) is 2.69. The van der Waals surface area contributed by atoms with Crippen molar-refractivity contribution in [3.63, 3.8) is 0 Å². The van der Waals surface area contributed by atoms with Gasteiger partial charge >= 0.3 is 0 Å². The molecule has 1 saturated heterocycles. The van der Waals surface area contributed by atoms with Gasteiger partial charge in [-0.2, -0.15) is 0 Å². The molecule has 1 aliphatic heterocycles. The van der Waals surface area contributed by atoms with Gasteiger partial charge in [0, 0.05) is 17.9 Å². The van der Waals surface area contributed by atoms with Crippen molar-refractivity contribution in [2.75, 3.05) is 13.2 Å². The average molecular weight is 255 g/mol. The Hall–Kier alpha value is -1.26. The molecule has 1 fully saturated rings. The molecule has 0 spiro atoms. The summed E-state index contributed by atoms with van der Waals surface area (Å²) in [4.78, 5) is 0. The number of rotatable bonds is 3. The highest BCUT2D eigenvalue weighted by atomic mass is 35.5. The van der Waals surface area contributed by atoms with E-state index in [1.807, 2.05) is 0 Å². The van der Waals surface area contributed by atoms with Gasteiger partial charge in [-0.15, -0.1) is 0 Å². The zero-order valence-corrected chi connectivity index (χ0v) is 10.2. The van der Waals surface area contributed by atoms with Crippen LogP contribution >= 0.6 is 11.6 Å². The standard InChI is InChI=1S/C12H15ClN2O2/c13-8-1-2-11(10(7-8)12(14)15)17-9-3-5-16-6-4-9/h1-2,7,9H,3-6H2,(H3,14,15). The zero-order chi connectivity index (χ0) is 12.3. The molecule has 92 valence electrons. The summed E-state index contributed by atoms with van der Waals surface area (Å²) in [6.45, 7) is 1.43. The number of ether oxygens (including phenoxy) is 2. The van der Waals surface area contributed by atoms with Gasteiger partial charge in [0.25, 0.3) is 0 Å². The average Bonchev–Trinajstić information content (AvgIpc) is 2.32. The Bertz CT molecular complexity index is 417. The highest BCUT2D eigenvalue weighted by Gasteiger charge is 2.17. The lowest BCUT2D eigenvalue weighted by atomic mass is 10.1. The van der Waals surface area contributed by atoms with Crippen LogP contribution in [-0.4, -0.2) is 25.2 Å². The summed E-state index contributed by atoms with van der Waals surface area (Å²) in [6, 6.07) is 5.15. The summed E-state index contributed by atoms with van der Waals surface area (Å²) in [7, 11) is 0. The highest BCUT2D eigenvalue weighted by Crippen LogP contribution is 2.25. The Balaban J connectivity index is 2.16. The number of nitrogens with two attached hydrogens (primary N) is 1. The van der Waals surface area contributed by atoms with Crippen LogP contribution in [0.15, 0.2) is 18.2 Å². The number of hydrogen-bond donors (Lipinski definition) is 2. The molecule has 1 aliphatic rings. The molecule has 0 aromatic heterocycles. The molecule has 0 amide bonds. The molecule has 17 heavy (non-hydrogen) atoms. The van der Waals surface area contributed by atoms with Crippen molar-refractivity contribution in [3.05, 3.63) is 28.8 Å². The first-order valence-electron chi connectivity index (χ1n) is 5.55. The lowest BCUT2D eigenvalue weighted by molar-refractivity contribution is 0.0255. The molecule has 0 radical (unpaired) electrons. The summed E-state index contributed by atoms with van der Waals surface area (Å²) >= 11 is 5.88. The number of nitrogens with one attached hydrogen (secondary N) is 1. The minimum Gasteiger partial charge on any atom is -0.489 e. The van der Waals surface area contributed by atoms with E-state index in [0.717, 1.165) is 12.8 Å². The van der Waals surface area contributed by atoms with Crippen molar-refractivity contribution in [2.45, 2.75) is 18.9 Å². The van der Waals surface area contributed by atoms with Gasteiger partial charge in [-0.3, -0.25) is 5.41 Å². The fourth-order valence-electron chi connectivity index (χ4n) is 1.79. The van der Waals surface area contributed by atoms with Crippen LogP contribution in [0, 0.1) is 5.41 Å². The van der Waals surface area contributed by atoms with Crippen LogP contribution in [0.25, 0.3) is 0 Å². The summed E-state index contributed by atoms with van der Waals surface area (Å²) in [5.74, 6) is 0.586. The number of amidine groups is 1. The first kappa shape index (κ1) is 12.2. The predicted molar refractivity (Wildman–Crippen MR) is 66.9 cm³/mol. The van der Waals surface area contributed by atoms with Crippen molar-refractivity contribution in [1.29, 1.82) is 5.41 Å². The van der Waals surface area contributed by atoms with Crippen molar-refractivity contribution < 1.29 is 9.47 Å². The van der Waals surface area contributed by atoms with Gasteiger partial charge < -0.3 is 15.2 Å². The summed E-state index contributed by atoms with van der Waals surface area (Å²) in [5, 5.41) is 8.06. The SMILES string of the molecule is N=C(N)c1cc(Cl)ccc1OC1CCOCC1. The minimum absolute atomic E-state index is 0.0328. The third kappa shape index (κ3) is 3.11. The highest BCUT2D eigenvalue weighted by molar-refractivity contribution is 6.31. The molecule has 0 unspecified atom stereocenters. The molecule has 0 saturated carbocycles. The van der Waals surface area contributed by atoms with E-state index in [0.29, 0.717) is 29.5 Å². The van der Waals surface area contributed by atoms with Crippen LogP contribution < -0.4 is 10.5 Å². The molecular formula is C12H15ClN2O2. The predicted octanol–water partition coefficient (Wildman–Crippen LogP) is 2.18. The van der Waals surface area contributed by atoms with Gasteiger partial charge in [-0.25, -0.2) is 0 Å². The zero-order valence-electron chi connectivity index (χ0n) is 9.41. The first-order valence-corrected chi connectivity index (χ1v) is 5.93. The van der Waals surface area contributed by atoms with E-state index >= 15 is 0 Å². The maximum Gasteiger partial charge on any atom is 0.130 e. The van der Waals surface area contributed by atoms with Gasteiger partial charge in [0.2, 0.25) is 0 Å². The quantitative estimate of drug-likeness (QED) is 0.642. The van der Waals surface area contributed by atoms with Crippen LogP contribution in [0.3, 0.4) is 0 Å². The van der Waals surface area contributed by atoms with E-state index in [2.05, 4.69) is 0 Å². The third-order valence-corrected chi connectivity index (χ3v) is 2.93. The number of hydrogen-bond acceptors (Lipinski definition) is 3. The Labute approximate surface area is 105 Å². The molecule has 0 aliphatic carbocycles. The molecule has 0 bridgehead atoms. The number of halogens is 1. The fourth-order valence-corrected chi connectivity index (χ4v) is 1.96. The van der Waals surface area contributed by atoms with Crippen molar-refractivity contribution in [3.8, 4) is 5.75 Å². The summed E-state index contributed by atoms with van der Waals surface area (Å²) in [5.41, 5.74) is 6.05. The van der Waals surface area contributed by atoms with E-state index in [1.54, 1.807) is 18.2 Å². The van der Waals surface area contributed by atoms with E-state index in [-0.39, 0.29) is 11.9 Å². The van der Waals surface area contributed by atoms with E-state index in [1.165, 1.54) is 0 Å². The normalized spacial score (nSPS) is 16.8. The molecular weight excluding hydrogens is 240 g/mol. The monoisotopic (exact) mass is 254 g/mol. The van der Waals surface area contributed by atoms with E-state index in [9.17, 15) is 0 Å². The molecule has 1 aromatic rings. The lowest BCUT2D eigenvalue weighted by Gasteiger charge is -2.24. The molecule has 1 heterocycles. The number of nitrogen functional groups attached to an aromatic ring is 1. The van der Waals surface area contributed by atoms with Crippen molar-refractivity contribution >= 4 is 17.4 Å². The minimum atomic E-state index is -0.0328. The van der Waals surface area contributed by atoms with Gasteiger partial charge in [-0.05, 0) is 18.2 Å². The maximum absolute atomic E-state index is 7.50. The Morgan fingerprint density at radius 3 is 2.76 bits per heavy atom. The largest absolute Gasteiger partial charge is 0.489 e. The van der Waals surface area contributed by atoms with E-state index < -0.39 is 0 Å². The van der Waals surface area contributed by atoms with Crippen LogP contribution in [0.4, 0.5) is 0 Å². The van der Waals surface area contributed by atoms with E-state index in [4.69, 9.17) is 32.2 Å². The van der Waals surface area contributed by atoms with Crippen LogP contribution in [0.2, 0.25) is 5.02 Å². The van der Waals surface area contributed by atoms with Gasteiger partial charge in [0.1, 0.15) is 17.7 Å². The summed E-state index contributed by atoms with van der Waals surface area (Å²) < 4.78 is 11.1. The Kier molecular flexibility index (Phi) is 3.86. The second-order valence-corrected chi connectivity index (χ2v) is 4.42. The molecule has 3 N–H and O–H groups in total. The molecule has 2 rings (SSSR count). The van der Waals surface area contributed by atoms with Gasteiger partial charge in [-0.1, -0.05) is 11.6 Å². The van der Waals surface area contributed by atoms with Crippen LogP contribution in [0.1, 0.15) is 18.4 Å². The Morgan fingerprint density at radius 1 is 1.41 bits per heavy atom. The second kappa shape index (κ2) is 5.38. The molecule has 1 aromatic carbocycles. The van der Waals surface area contributed by atoms with Gasteiger partial charge in [0.15, 0.2) is 0 Å². The van der Waals surface area contributed by atoms with Crippen molar-refractivity contribution in [1.82, 2.24) is 0 Å². The van der Waals surface area contributed by atoms with Gasteiger partial charge in [0.05, 0.1) is 18.8 Å². The smallest absolute Gasteiger partial charge is 0.130 e. The maximum atomic E-state index is 7.50. The summed E-state index contributed by atoms with van der Waals surface area (Å²) in [6.07, 6.45) is 1.85. The molecule has 4 nitrogen and oxygen atoms in total. The fraction of sp³-hybridized carbons (Fsp3) is 0.417. The molecule has 0 atom stereocenters. The van der Waals surface area contributed by atoms with Crippen LogP contribution in [-0.2, 0) is 4.74 Å².